The summed E-state index contributed by atoms with van der Waals surface area (Å²) in [4.78, 5) is 12.9. The fourth-order valence-corrected chi connectivity index (χ4v) is 3.18. The van der Waals surface area contributed by atoms with Crippen molar-refractivity contribution < 1.29 is 5.11 Å². The lowest BCUT2D eigenvalue weighted by atomic mass is 10.0. The van der Waals surface area contributed by atoms with E-state index in [9.17, 15) is 9.90 Å². The number of phenols is 1. The highest BCUT2D eigenvalue weighted by atomic mass is 16.3. The molecule has 2 aromatic carbocycles. The standard InChI is InChI=1S/C21H24N2O2/c1-5-23-20-10-14(3)13(2)8-16(20)11-17(21(23)25)12-22-19-7-6-18(24)9-15(19)4/h6-11,22,24H,5,12H2,1-4H3. The Hall–Kier alpha value is -2.75. The van der Waals surface area contributed by atoms with Crippen molar-refractivity contribution in [3.05, 3.63) is 69.0 Å². The largest absolute Gasteiger partial charge is 0.508 e. The van der Waals surface area contributed by atoms with Crippen LogP contribution < -0.4 is 10.9 Å². The molecule has 4 heteroatoms. The summed E-state index contributed by atoms with van der Waals surface area (Å²) in [5.41, 5.74) is 6.05. The van der Waals surface area contributed by atoms with Crippen molar-refractivity contribution in [1.29, 1.82) is 0 Å². The van der Waals surface area contributed by atoms with E-state index < -0.39 is 0 Å². The Morgan fingerprint density at radius 3 is 2.40 bits per heavy atom. The van der Waals surface area contributed by atoms with E-state index >= 15 is 0 Å². The Labute approximate surface area is 147 Å². The van der Waals surface area contributed by atoms with Crippen LogP contribution >= 0.6 is 0 Å². The highest BCUT2D eigenvalue weighted by Crippen LogP contribution is 2.22. The Morgan fingerprint density at radius 2 is 1.72 bits per heavy atom. The number of anilines is 1. The van der Waals surface area contributed by atoms with Crippen LogP contribution in [-0.4, -0.2) is 9.67 Å². The third-order valence-corrected chi connectivity index (χ3v) is 4.78. The van der Waals surface area contributed by atoms with Gasteiger partial charge in [-0.05, 0) is 86.2 Å². The van der Waals surface area contributed by atoms with Crippen LogP contribution in [0.4, 0.5) is 5.69 Å². The van der Waals surface area contributed by atoms with Gasteiger partial charge in [0.1, 0.15) is 5.75 Å². The Morgan fingerprint density at radius 1 is 1.00 bits per heavy atom. The topological polar surface area (TPSA) is 54.3 Å². The van der Waals surface area contributed by atoms with E-state index in [2.05, 4.69) is 31.3 Å². The van der Waals surface area contributed by atoms with Crippen molar-refractivity contribution >= 4 is 16.6 Å². The molecule has 0 aliphatic carbocycles. The first-order valence-electron chi connectivity index (χ1n) is 8.58. The minimum absolute atomic E-state index is 0.0437. The first-order chi connectivity index (χ1) is 11.9. The first-order valence-corrected chi connectivity index (χ1v) is 8.58. The van der Waals surface area contributed by atoms with Crippen LogP contribution in [0.25, 0.3) is 10.9 Å². The maximum absolute atomic E-state index is 12.9. The molecule has 0 fully saturated rings. The van der Waals surface area contributed by atoms with Gasteiger partial charge in [0.05, 0.1) is 5.52 Å². The number of nitrogens with one attached hydrogen (secondary N) is 1. The van der Waals surface area contributed by atoms with Crippen LogP contribution in [0.5, 0.6) is 5.75 Å². The smallest absolute Gasteiger partial charge is 0.256 e. The number of aryl methyl sites for hydroxylation is 4. The fourth-order valence-electron chi connectivity index (χ4n) is 3.18. The normalized spacial score (nSPS) is 11.0. The van der Waals surface area contributed by atoms with E-state index in [-0.39, 0.29) is 11.3 Å². The number of aromatic hydroxyl groups is 1. The lowest BCUT2D eigenvalue weighted by molar-refractivity contribution is 0.475. The highest BCUT2D eigenvalue weighted by molar-refractivity contribution is 5.81. The van der Waals surface area contributed by atoms with Gasteiger partial charge >= 0.3 is 0 Å². The molecule has 0 unspecified atom stereocenters. The lowest BCUT2D eigenvalue weighted by Crippen LogP contribution is -2.25. The van der Waals surface area contributed by atoms with Crippen LogP contribution in [0, 0.1) is 20.8 Å². The molecule has 0 aliphatic rings. The average Bonchev–Trinajstić information content (AvgIpc) is 2.56. The molecule has 130 valence electrons. The van der Waals surface area contributed by atoms with Crippen molar-refractivity contribution in [2.75, 3.05) is 5.32 Å². The van der Waals surface area contributed by atoms with E-state index in [1.807, 2.05) is 30.5 Å². The van der Waals surface area contributed by atoms with Gasteiger partial charge in [-0.2, -0.15) is 0 Å². The van der Waals surface area contributed by atoms with Gasteiger partial charge in [-0.25, -0.2) is 0 Å². The van der Waals surface area contributed by atoms with Crippen molar-refractivity contribution in [2.45, 2.75) is 40.8 Å². The Balaban J connectivity index is 2.02. The van der Waals surface area contributed by atoms with E-state index in [1.54, 1.807) is 12.1 Å². The molecule has 0 atom stereocenters. The summed E-state index contributed by atoms with van der Waals surface area (Å²) < 4.78 is 1.84. The molecule has 3 aromatic rings. The van der Waals surface area contributed by atoms with E-state index in [0.717, 1.165) is 27.7 Å². The molecule has 1 heterocycles. The van der Waals surface area contributed by atoms with Gasteiger partial charge in [0.15, 0.2) is 0 Å². The van der Waals surface area contributed by atoms with Gasteiger partial charge in [-0.1, -0.05) is 0 Å². The summed E-state index contributed by atoms with van der Waals surface area (Å²) in [5.74, 6) is 0.243. The van der Waals surface area contributed by atoms with Gasteiger partial charge < -0.3 is 15.0 Å². The summed E-state index contributed by atoms with van der Waals surface area (Å²) in [7, 11) is 0. The minimum Gasteiger partial charge on any atom is -0.508 e. The van der Waals surface area contributed by atoms with Crippen molar-refractivity contribution in [3.63, 3.8) is 0 Å². The fraction of sp³-hybridized carbons (Fsp3) is 0.286. The minimum atomic E-state index is 0.0437. The predicted octanol–water partition coefficient (Wildman–Crippen LogP) is 4.26. The molecule has 0 aliphatic heterocycles. The van der Waals surface area contributed by atoms with E-state index in [0.29, 0.717) is 13.1 Å². The molecule has 0 radical (unpaired) electrons. The molecule has 3 rings (SSSR count). The van der Waals surface area contributed by atoms with Crippen LogP contribution in [0.3, 0.4) is 0 Å². The van der Waals surface area contributed by atoms with E-state index in [4.69, 9.17) is 0 Å². The molecule has 1 aromatic heterocycles. The third-order valence-electron chi connectivity index (χ3n) is 4.78. The summed E-state index contributed by atoms with van der Waals surface area (Å²) in [6.07, 6.45) is 0. The number of nitrogens with zero attached hydrogens (tertiary/aromatic N) is 1. The zero-order valence-electron chi connectivity index (χ0n) is 15.2. The quantitative estimate of drug-likeness (QED) is 0.700. The van der Waals surface area contributed by atoms with E-state index in [1.165, 1.54) is 11.1 Å². The van der Waals surface area contributed by atoms with Crippen LogP contribution in [0.2, 0.25) is 0 Å². The lowest BCUT2D eigenvalue weighted by Gasteiger charge is -2.15. The number of aromatic nitrogens is 1. The highest BCUT2D eigenvalue weighted by Gasteiger charge is 2.10. The van der Waals surface area contributed by atoms with Gasteiger partial charge in [0, 0.05) is 24.3 Å². The zero-order valence-corrected chi connectivity index (χ0v) is 15.2. The van der Waals surface area contributed by atoms with Crippen LogP contribution in [-0.2, 0) is 13.1 Å². The molecule has 4 nitrogen and oxygen atoms in total. The zero-order chi connectivity index (χ0) is 18.1. The van der Waals surface area contributed by atoms with Crippen molar-refractivity contribution in [2.24, 2.45) is 0 Å². The second-order valence-electron chi connectivity index (χ2n) is 6.57. The molecule has 2 N–H and O–H groups in total. The predicted molar refractivity (Wildman–Crippen MR) is 104 cm³/mol. The summed E-state index contributed by atoms with van der Waals surface area (Å²) >= 11 is 0. The molecular weight excluding hydrogens is 312 g/mol. The SMILES string of the molecule is CCn1c(=O)c(CNc2ccc(O)cc2C)cc2cc(C)c(C)cc21. The average molecular weight is 336 g/mol. The van der Waals surface area contributed by atoms with Gasteiger partial charge in [-0.15, -0.1) is 0 Å². The first kappa shape index (κ1) is 17.1. The molecule has 25 heavy (non-hydrogen) atoms. The Kier molecular flexibility index (Phi) is 4.53. The second-order valence-corrected chi connectivity index (χ2v) is 6.57. The summed E-state index contributed by atoms with van der Waals surface area (Å²) in [6.45, 7) is 9.18. The molecule has 0 bridgehead atoms. The van der Waals surface area contributed by atoms with Gasteiger partial charge in [0.2, 0.25) is 0 Å². The number of fused-ring (bicyclic) bond motifs is 1. The number of benzene rings is 2. The number of hydrogen-bond acceptors (Lipinski definition) is 3. The molecule has 0 amide bonds. The number of hydrogen-bond donors (Lipinski definition) is 2. The summed E-state index contributed by atoms with van der Waals surface area (Å²) in [5, 5.41) is 13.9. The van der Waals surface area contributed by atoms with Gasteiger partial charge in [0.25, 0.3) is 5.56 Å². The Bertz CT molecular complexity index is 1000. The van der Waals surface area contributed by atoms with Gasteiger partial charge in [-0.3, -0.25) is 4.79 Å². The molecule has 0 saturated carbocycles. The van der Waals surface area contributed by atoms with Crippen LogP contribution in [0.1, 0.15) is 29.2 Å². The molecule has 0 saturated heterocycles. The summed E-state index contributed by atoms with van der Waals surface area (Å²) in [6, 6.07) is 11.4. The van der Waals surface area contributed by atoms with Crippen molar-refractivity contribution in [1.82, 2.24) is 4.57 Å². The van der Waals surface area contributed by atoms with Crippen molar-refractivity contribution in [3.8, 4) is 5.75 Å². The number of phenolic OH excluding ortho intramolecular Hbond substituents is 1. The molecular formula is C21H24N2O2. The third kappa shape index (κ3) is 3.25. The second kappa shape index (κ2) is 6.63. The van der Waals surface area contributed by atoms with Crippen LogP contribution in [0.15, 0.2) is 41.2 Å². The monoisotopic (exact) mass is 336 g/mol. The number of rotatable bonds is 4. The number of pyridine rings is 1. The maximum Gasteiger partial charge on any atom is 0.256 e. The maximum atomic E-state index is 12.9. The molecule has 0 spiro atoms.